The molecule has 1 unspecified atom stereocenters. The Labute approximate surface area is 47.7 Å². The van der Waals surface area contributed by atoms with Gasteiger partial charge in [-0.2, -0.15) is 0 Å². The molecule has 0 aromatic heterocycles. The van der Waals surface area contributed by atoms with Crippen LogP contribution in [-0.2, 0) is 4.74 Å². The Bertz CT molecular complexity index is 80.1. The molecule has 0 spiro atoms. The Morgan fingerprint density at radius 1 is 1.86 bits per heavy atom. The molecule has 1 heterocycles. The van der Waals surface area contributed by atoms with Gasteiger partial charge in [-0.25, -0.2) is 0 Å². The number of thioether (sulfide) groups is 1. The molecule has 0 saturated heterocycles. The van der Waals surface area contributed by atoms with Gasteiger partial charge in [-0.05, 0) is 6.92 Å². The van der Waals surface area contributed by atoms with Crippen molar-refractivity contribution in [2.45, 2.75) is 13.0 Å². The van der Waals surface area contributed by atoms with Crippen molar-refractivity contribution in [2.24, 2.45) is 0 Å². The van der Waals surface area contributed by atoms with Crippen LogP contribution in [0.3, 0.4) is 0 Å². The molecule has 0 aromatic rings. The van der Waals surface area contributed by atoms with Crippen molar-refractivity contribution in [1.29, 1.82) is 0 Å². The van der Waals surface area contributed by atoms with E-state index in [0.29, 0.717) is 0 Å². The Hall–Kier alpha value is -0.110. The summed E-state index contributed by atoms with van der Waals surface area (Å²) >= 11 is 1.55. The number of ether oxygens (including phenoxy) is 1. The molecular weight excluding hydrogens is 108 g/mol. The SMILES string of the molecule is CC1[C]SC=CO1. The van der Waals surface area contributed by atoms with E-state index in [0.717, 1.165) is 0 Å². The molecule has 38 valence electrons. The lowest BCUT2D eigenvalue weighted by atomic mass is 10.5. The van der Waals surface area contributed by atoms with E-state index in [4.69, 9.17) is 4.74 Å². The van der Waals surface area contributed by atoms with E-state index in [1.807, 2.05) is 12.3 Å². The highest BCUT2D eigenvalue weighted by molar-refractivity contribution is 8.04. The first-order chi connectivity index (χ1) is 3.39. The summed E-state index contributed by atoms with van der Waals surface area (Å²) in [6.07, 6.45) is 1.85. The minimum absolute atomic E-state index is 0.162. The third-order valence-corrected chi connectivity index (χ3v) is 1.36. The van der Waals surface area contributed by atoms with Crippen LogP contribution in [-0.4, -0.2) is 6.10 Å². The maximum Gasteiger partial charge on any atom is 0.113 e. The lowest BCUT2D eigenvalue weighted by Gasteiger charge is -2.11. The van der Waals surface area contributed by atoms with Gasteiger partial charge < -0.3 is 4.74 Å². The summed E-state index contributed by atoms with van der Waals surface area (Å²) in [6, 6.07) is 0. The van der Waals surface area contributed by atoms with E-state index in [9.17, 15) is 0 Å². The first kappa shape index (κ1) is 5.04. The standard InChI is InChI=1S/C5H6OS/c1-5-4-7-3-2-6-5/h2-3,5H,1H3. The van der Waals surface area contributed by atoms with Crippen molar-refractivity contribution in [3.05, 3.63) is 17.4 Å². The predicted octanol–water partition coefficient (Wildman–Crippen LogP) is 1.65. The Balaban J connectivity index is 2.32. The van der Waals surface area contributed by atoms with Crippen molar-refractivity contribution in [2.75, 3.05) is 0 Å². The van der Waals surface area contributed by atoms with Crippen LogP contribution in [0.2, 0.25) is 0 Å². The van der Waals surface area contributed by atoms with E-state index in [-0.39, 0.29) is 6.10 Å². The smallest absolute Gasteiger partial charge is 0.113 e. The van der Waals surface area contributed by atoms with Crippen molar-refractivity contribution in [1.82, 2.24) is 0 Å². The summed E-state index contributed by atoms with van der Waals surface area (Å²) in [5.41, 5.74) is 0. The zero-order valence-electron chi connectivity index (χ0n) is 4.05. The predicted molar refractivity (Wildman–Crippen MR) is 30.5 cm³/mol. The van der Waals surface area contributed by atoms with E-state index in [1.54, 1.807) is 18.0 Å². The fourth-order valence-electron chi connectivity index (χ4n) is 0.341. The highest BCUT2D eigenvalue weighted by atomic mass is 32.2. The van der Waals surface area contributed by atoms with Crippen LogP contribution in [0, 0.1) is 5.75 Å². The molecule has 0 amide bonds. The lowest BCUT2D eigenvalue weighted by Crippen LogP contribution is -2.03. The number of hydrogen-bond donors (Lipinski definition) is 0. The zero-order valence-corrected chi connectivity index (χ0v) is 4.87. The third kappa shape index (κ3) is 1.43. The average molecular weight is 114 g/mol. The number of rotatable bonds is 0. The molecule has 1 aliphatic rings. The molecule has 0 aromatic carbocycles. The molecule has 2 radical (unpaired) electrons. The van der Waals surface area contributed by atoms with Crippen molar-refractivity contribution in [3.8, 4) is 0 Å². The highest BCUT2D eigenvalue weighted by Gasteiger charge is 2.03. The summed E-state index contributed by atoms with van der Waals surface area (Å²) in [4.78, 5) is 0. The van der Waals surface area contributed by atoms with Gasteiger partial charge in [0.05, 0.1) is 12.0 Å². The summed E-state index contributed by atoms with van der Waals surface area (Å²) in [5, 5.41) is 1.86. The minimum atomic E-state index is 0.162. The summed E-state index contributed by atoms with van der Waals surface area (Å²) in [6.45, 7) is 1.95. The van der Waals surface area contributed by atoms with Gasteiger partial charge in [0.2, 0.25) is 0 Å². The van der Waals surface area contributed by atoms with Crippen LogP contribution < -0.4 is 0 Å². The van der Waals surface area contributed by atoms with Crippen LogP contribution in [0.1, 0.15) is 6.92 Å². The van der Waals surface area contributed by atoms with Crippen molar-refractivity contribution < 1.29 is 4.74 Å². The summed E-state index contributed by atoms with van der Waals surface area (Å²) in [7, 11) is 0. The molecule has 0 fully saturated rings. The van der Waals surface area contributed by atoms with Gasteiger partial charge >= 0.3 is 0 Å². The molecule has 7 heavy (non-hydrogen) atoms. The monoisotopic (exact) mass is 114 g/mol. The van der Waals surface area contributed by atoms with E-state index >= 15 is 0 Å². The summed E-state index contributed by atoms with van der Waals surface area (Å²) in [5.74, 6) is 2.99. The van der Waals surface area contributed by atoms with Crippen molar-refractivity contribution in [3.63, 3.8) is 0 Å². The van der Waals surface area contributed by atoms with Gasteiger partial charge in [-0.1, -0.05) is 0 Å². The first-order valence-corrected chi connectivity index (χ1v) is 2.99. The largest absolute Gasteiger partial charge is 0.496 e. The van der Waals surface area contributed by atoms with E-state index < -0.39 is 0 Å². The van der Waals surface area contributed by atoms with Gasteiger partial charge in [-0.15, -0.1) is 11.8 Å². The van der Waals surface area contributed by atoms with Gasteiger partial charge in [0.15, 0.2) is 0 Å². The Morgan fingerprint density at radius 3 is 3.00 bits per heavy atom. The van der Waals surface area contributed by atoms with Gasteiger partial charge in [0.1, 0.15) is 6.10 Å². The Morgan fingerprint density at radius 2 is 2.71 bits per heavy atom. The Kier molecular flexibility index (Phi) is 1.63. The quantitative estimate of drug-likeness (QED) is 0.473. The average Bonchev–Trinajstić information content (AvgIpc) is 1.69. The van der Waals surface area contributed by atoms with Crippen LogP contribution >= 0.6 is 11.8 Å². The van der Waals surface area contributed by atoms with Crippen LogP contribution in [0.25, 0.3) is 0 Å². The summed E-state index contributed by atoms with van der Waals surface area (Å²) < 4.78 is 4.97. The molecule has 2 heteroatoms. The second-order valence-electron chi connectivity index (χ2n) is 1.29. The van der Waals surface area contributed by atoms with Gasteiger partial charge in [0.25, 0.3) is 0 Å². The fourth-order valence-corrected chi connectivity index (χ4v) is 0.786. The maximum atomic E-state index is 4.97. The normalized spacial score (nSPS) is 29.6. The number of hydrogen-bond acceptors (Lipinski definition) is 2. The first-order valence-electron chi connectivity index (χ1n) is 2.11. The lowest BCUT2D eigenvalue weighted by molar-refractivity contribution is 0.197. The third-order valence-electron chi connectivity index (χ3n) is 0.640. The van der Waals surface area contributed by atoms with E-state index in [1.165, 1.54) is 0 Å². The molecule has 0 saturated carbocycles. The molecule has 0 bridgehead atoms. The molecule has 1 nitrogen and oxygen atoms in total. The van der Waals surface area contributed by atoms with E-state index in [2.05, 4.69) is 5.75 Å². The fraction of sp³-hybridized carbons (Fsp3) is 0.400. The second-order valence-corrected chi connectivity index (χ2v) is 2.03. The molecular formula is C5H6OS. The second kappa shape index (κ2) is 2.26. The molecule has 0 N–H and O–H groups in total. The minimum Gasteiger partial charge on any atom is -0.496 e. The molecule has 1 rings (SSSR count). The van der Waals surface area contributed by atoms with Crippen LogP contribution in [0.4, 0.5) is 0 Å². The molecule has 0 aliphatic carbocycles. The molecule has 1 aliphatic heterocycles. The van der Waals surface area contributed by atoms with Gasteiger partial charge in [0, 0.05) is 5.41 Å². The topological polar surface area (TPSA) is 9.23 Å². The van der Waals surface area contributed by atoms with Gasteiger partial charge in [-0.3, -0.25) is 0 Å². The van der Waals surface area contributed by atoms with Crippen LogP contribution in [0.15, 0.2) is 11.7 Å². The zero-order chi connectivity index (χ0) is 5.11. The highest BCUT2D eigenvalue weighted by Crippen LogP contribution is 2.17. The molecule has 1 atom stereocenters. The maximum absolute atomic E-state index is 4.97. The van der Waals surface area contributed by atoms with Crippen molar-refractivity contribution >= 4 is 11.8 Å². The van der Waals surface area contributed by atoms with Crippen LogP contribution in [0.5, 0.6) is 0 Å².